The number of aliphatic hydroxyl groups excluding tert-OH is 1. The molecule has 0 unspecified atom stereocenters. The monoisotopic (exact) mass is 757 g/mol. The molecule has 0 fully saturated rings. The first-order valence-corrected chi connectivity index (χ1v) is 19.1. The van der Waals surface area contributed by atoms with Crippen LogP contribution >= 0.6 is 11.3 Å². The van der Waals surface area contributed by atoms with E-state index in [-0.39, 0.29) is 36.3 Å². The number of benzene rings is 4. The molecule has 0 aliphatic carbocycles. The zero-order valence-corrected chi connectivity index (χ0v) is 31.0. The average Bonchev–Trinajstić information content (AvgIpc) is 3.60. The van der Waals surface area contributed by atoms with Gasteiger partial charge in [0, 0.05) is 36.7 Å². The number of esters is 1. The zero-order chi connectivity index (χ0) is 37.5. The Hall–Kier alpha value is -5.12. The number of sulfonamides is 1. The van der Waals surface area contributed by atoms with E-state index < -0.39 is 34.8 Å². The number of nitrogens with zero attached hydrogens (tertiary/aromatic N) is 2. The molecule has 53 heavy (non-hydrogen) atoms. The van der Waals surface area contributed by atoms with Crippen molar-refractivity contribution in [2.75, 3.05) is 45.8 Å². The molecule has 5 aromatic rings. The largest absolute Gasteiger partial charge is 0.497 e. The quantitative estimate of drug-likeness (QED) is 0.127. The van der Waals surface area contributed by atoms with Gasteiger partial charge in [0.05, 0.1) is 48.1 Å². The van der Waals surface area contributed by atoms with E-state index in [2.05, 4.69) is 11.4 Å². The molecule has 276 valence electrons. The minimum Gasteiger partial charge on any atom is -0.497 e. The maximum Gasteiger partial charge on any atom is 0.337 e. The number of nitrogens with one attached hydrogen (secondary N) is 1. The van der Waals surface area contributed by atoms with Crippen LogP contribution in [0.3, 0.4) is 0 Å². The molecule has 2 atom stereocenters. The van der Waals surface area contributed by atoms with Gasteiger partial charge in [-0.2, -0.15) is 4.31 Å². The molecule has 4 aromatic carbocycles. The van der Waals surface area contributed by atoms with E-state index in [1.54, 1.807) is 65.9 Å². The number of hydrogen-bond acceptors (Lipinski definition) is 11. The number of ether oxygens (including phenoxy) is 4. The third-order valence-electron chi connectivity index (χ3n) is 8.67. The second-order valence-corrected chi connectivity index (χ2v) is 15.2. The van der Waals surface area contributed by atoms with Crippen LogP contribution in [0.1, 0.15) is 33.8 Å². The van der Waals surface area contributed by atoms with E-state index in [4.69, 9.17) is 23.9 Å². The Balaban J connectivity index is 1.17. The van der Waals surface area contributed by atoms with Gasteiger partial charge >= 0.3 is 5.97 Å². The van der Waals surface area contributed by atoms with Crippen LogP contribution in [0.25, 0.3) is 20.8 Å². The van der Waals surface area contributed by atoms with Crippen LogP contribution in [-0.2, 0) is 29.0 Å². The van der Waals surface area contributed by atoms with Crippen molar-refractivity contribution in [3.63, 3.8) is 0 Å². The van der Waals surface area contributed by atoms with Crippen molar-refractivity contribution in [1.82, 2.24) is 9.29 Å². The topological polar surface area (TPSA) is 154 Å². The van der Waals surface area contributed by atoms with Crippen LogP contribution in [0.15, 0.2) is 108 Å². The summed E-state index contributed by atoms with van der Waals surface area (Å²) in [5, 5.41) is 13.4. The van der Waals surface area contributed by atoms with E-state index in [1.165, 1.54) is 31.9 Å². The molecule has 0 spiro atoms. The Morgan fingerprint density at radius 1 is 0.981 bits per heavy atom. The number of aliphatic hydroxyl groups is 1. The number of amides is 1. The van der Waals surface area contributed by atoms with Crippen molar-refractivity contribution >= 4 is 49.1 Å². The number of thiazole rings is 1. The number of hydrogen-bond donors (Lipinski definition) is 2. The van der Waals surface area contributed by atoms with E-state index in [0.717, 1.165) is 30.7 Å². The van der Waals surface area contributed by atoms with Gasteiger partial charge in [0.25, 0.3) is 5.91 Å². The maximum atomic E-state index is 13.6. The highest BCUT2D eigenvalue weighted by Crippen LogP contribution is 2.34. The van der Waals surface area contributed by atoms with Crippen molar-refractivity contribution < 1.29 is 42.1 Å². The summed E-state index contributed by atoms with van der Waals surface area (Å²) in [5.41, 5.74) is 4.75. The Bertz CT molecular complexity index is 2200. The van der Waals surface area contributed by atoms with Crippen LogP contribution in [0.5, 0.6) is 5.75 Å². The van der Waals surface area contributed by atoms with Crippen molar-refractivity contribution in [3.8, 4) is 16.3 Å². The minimum atomic E-state index is -3.97. The second kappa shape index (κ2) is 16.7. The van der Waals surface area contributed by atoms with E-state index in [0.29, 0.717) is 23.4 Å². The molecule has 1 aromatic heterocycles. The molecule has 12 nitrogen and oxygen atoms in total. The van der Waals surface area contributed by atoms with Crippen LogP contribution in [0.4, 0.5) is 5.69 Å². The third-order valence-corrected chi connectivity index (χ3v) is 11.6. The SMILES string of the molecule is COC(=O)c1ccc([C@@H]2C=C(C(=O)Nc3ccc(-c4nc5ccc(C)cc5s4)cc3)O[C@H](OCCN(CCO)S(=O)(=O)c3ccc(OC)cc3)C2)cc1. The molecular formula is C39H39N3O9S2. The molecule has 0 radical (unpaired) electrons. The predicted molar refractivity (Wildman–Crippen MR) is 201 cm³/mol. The molecule has 0 bridgehead atoms. The number of aryl methyl sites for hydroxylation is 1. The lowest BCUT2D eigenvalue weighted by Gasteiger charge is -2.30. The standard InChI is InChI=1S/C39H39N3O9S2/c1-25-4-17-33-35(22-25)52-38(41-33)27-9-11-30(12-10-27)40-37(44)34-23-29(26-5-7-28(8-6-26)39(45)49-3)24-36(51-34)50-21-19-42(18-20-43)53(46,47)32-15-13-31(48-2)14-16-32/h4-17,22-23,29,36,43H,18-21,24H2,1-3H3,(H,40,44)/t29-,36+/m1/s1. The Morgan fingerprint density at radius 2 is 1.72 bits per heavy atom. The summed E-state index contributed by atoms with van der Waals surface area (Å²) in [6, 6.07) is 26.3. The number of methoxy groups -OCH3 is 2. The number of carbonyl (C=O) groups excluding carboxylic acids is 2. The molecule has 2 heterocycles. The fraction of sp³-hybridized carbons (Fsp3) is 0.256. The van der Waals surface area contributed by atoms with Crippen LogP contribution < -0.4 is 10.1 Å². The second-order valence-electron chi connectivity index (χ2n) is 12.2. The van der Waals surface area contributed by atoms with E-state index >= 15 is 0 Å². The lowest BCUT2D eigenvalue weighted by Crippen LogP contribution is -2.37. The number of rotatable bonds is 14. The van der Waals surface area contributed by atoms with Crippen molar-refractivity contribution in [1.29, 1.82) is 0 Å². The molecule has 6 rings (SSSR count). The van der Waals surface area contributed by atoms with Gasteiger partial charge in [-0.15, -0.1) is 11.3 Å². The fourth-order valence-corrected chi connectivity index (χ4v) is 8.31. The molecule has 0 saturated heterocycles. The molecule has 2 N–H and O–H groups in total. The minimum absolute atomic E-state index is 0.0204. The molecule has 14 heteroatoms. The molecule has 0 saturated carbocycles. The fourth-order valence-electron chi connectivity index (χ4n) is 5.83. The van der Waals surface area contributed by atoms with Crippen molar-refractivity contribution in [2.24, 2.45) is 0 Å². The Kier molecular flexibility index (Phi) is 11.9. The first-order valence-electron chi connectivity index (χ1n) is 16.8. The summed E-state index contributed by atoms with van der Waals surface area (Å²) in [6.45, 7) is 1.33. The summed E-state index contributed by atoms with van der Waals surface area (Å²) in [6.07, 6.45) is 1.08. The molecule has 1 aliphatic rings. The van der Waals surface area contributed by atoms with Crippen LogP contribution in [-0.4, -0.2) is 81.5 Å². The lowest BCUT2D eigenvalue weighted by atomic mass is 9.92. The highest BCUT2D eigenvalue weighted by atomic mass is 32.2. The van der Waals surface area contributed by atoms with E-state index in [1.807, 2.05) is 31.2 Å². The van der Waals surface area contributed by atoms with Gasteiger partial charge in [0.1, 0.15) is 10.8 Å². The Labute approximate surface area is 311 Å². The molecule has 1 aliphatic heterocycles. The van der Waals surface area contributed by atoms with Gasteiger partial charge < -0.3 is 29.4 Å². The first kappa shape index (κ1) is 37.6. The molecular weight excluding hydrogens is 719 g/mol. The zero-order valence-electron chi connectivity index (χ0n) is 29.4. The summed E-state index contributed by atoms with van der Waals surface area (Å²) >= 11 is 1.60. The predicted octanol–water partition coefficient (Wildman–Crippen LogP) is 6.12. The highest BCUT2D eigenvalue weighted by molar-refractivity contribution is 7.89. The first-order chi connectivity index (χ1) is 25.6. The van der Waals surface area contributed by atoms with Crippen LogP contribution in [0, 0.1) is 6.92 Å². The third kappa shape index (κ3) is 8.92. The van der Waals surface area contributed by atoms with Gasteiger partial charge in [-0.05, 0) is 96.9 Å². The summed E-state index contributed by atoms with van der Waals surface area (Å²) < 4.78 is 51.1. The lowest BCUT2D eigenvalue weighted by molar-refractivity contribution is -0.143. The Morgan fingerprint density at radius 3 is 2.40 bits per heavy atom. The van der Waals surface area contributed by atoms with Crippen molar-refractivity contribution in [3.05, 3.63) is 120 Å². The van der Waals surface area contributed by atoms with Gasteiger partial charge in [0.2, 0.25) is 16.3 Å². The van der Waals surface area contributed by atoms with Gasteiger partial charge in [0.15, 0.2) is 5.76 Å². The number of carbonyl (C=O) groups is 2. The summed E-state index contributed by atoms with van der Waals surface area (Å²) in [4.78, 5) is 30.4. The molecule has 1 amide bonds. The van der Waals surface area contributed by atoms with Gasteiger partial charge in [-0.3, -0.25) is 4.79 Å². The average molecular weight is 758 g/mol. The smallest absolute Gasteiger partial charge is 0.337 e. The van der Waals surface area contributed by atoms with Gasteiger partial charge in [-0.1, -0.05) is 18.2 Å². The number of aromatic nitrogens is 1. The number of fused-ring (bicyclic) bond motifs is 1. The number of anilines is 1. The summed E-state index contributed by atoms with van der Waals surface area (Å²) in [7, 11) is -1.17. The van der Waals surface area contributed by atoms with Crippen LogP contribution in [0.2, 0.25) is 0 Å². The maximum absolute atomic E-state index is 13.6. The van der Waals surface area contributed by atoms with Gasteiger partial charge in [-0.25, -0.2) is 18.2 Å². The number of allylic oxidation sites excluding steroid dienone is 1. The van der Waals surface area contributed by atoms with E-state index in [9.17, 15) is 23.1 Å². The summed E-state index contributed by atoms with van der Waals surface area (Å²) in [5.74, 6) is -0.785. The van der Waals surface area contributed by atoms with Crippen molar-refractivity contribution in [2.45, 2.75) is 30.4 Å². The normalized spacial score (nSPS) is 15.8. The highest BCUT2D eigenvalue weighted by Gasteiger charge is 2.30.